The molecule has 2 N–H and O–H groups in total. The summed E-state index contributed by atoms with van der Waals surface area (Å²) in [6.07, 6.45) is 0. The number of likely N-dealkylation sites (N-methyl/N-ethyl adjacent to an activating group) is 1. The van der Waals surface area contributed by atoms with E-state index in [9.17, 15) is 0 Å². The fourth-order valence-corrected chi connectivity index (χ4v) is 2.46. The van der Waals surface area contributed by atoms with Crippen LogP contribution in [-0.2, 0) is 6.54 Å². The Kier molecular flexibility index (Phi) is 6.08. The molecule has 4 heteroatoms. The summed E-state index contributed by atoms with van der Waals surface area (Å²) in [6.45, 7) is 5.65. The maximum Gasteiger partial charge on any atom is 0.120 e. The van der Waals surface area contributed by atoms with Crippen molar-refractivity contribution in [3.05, 3.63) is 58.6 Å². The van der Waals surface area contributed by atoms with Crippen molar-refractivity contribution in [3.63, 3.8) is 0 Å². The maximum atomic E-state index is 5.78. The van der Waals surface area contributed by atoms with Crippen LogP contribution in [0.25, 0.3) is 0 Å². The van der Waals surface area contributed by atoms with E-state index in [0.717, 1.165) is 35.5 Å². The lowest BCUT2D eigenvalue weighted by atomic mass is 10.2. The summed E-state index contributed by atoms with van der Waals surface area (Å²) in [5.74, 6) is 0.896. The molecular formula is C17H21BrN2O. The third-order valence-electron chi connectivity index (χ3n) is 3.31. The molecule has 0 heterocycles. The summed E-state index contributed by atoms with van der Waals surface area (Å²) in [7, 11) is 0. The summed E-state index contributed by atoms with van der Waals surface area (Å²) in [6, 6.07) is 16.0. The van der Waals surface area contributed by atoms with Gasteiger partial charge in [0.1, 0.15) is 12.4 Å². The molecule has 21 heavy (non-hydrogen) atoms. The van der Waals surface area contributed by atoms with Crippen molar-refractivity contribution < 1.29 is 4.74 Å². The molecule has 2 aromatic carbocycles. The molecule has 0 aromatic heterocycles. The molecule has 0 amide bonds. The van der Waals surface area contributed by atoms with E-state index < -0.39 is 0 Å². The van der Waals surface area contributed by atoms with E-state index in [1.165, 1.54) is 5.56 Å². The largest absolute Gasteiger partial charge is 0.492 e. The number of rotatable bonds is 7. The fraction of sp³-hybridized carbons (Fsp3) is 0.294. The van der Waals surface area contributed by atoms with Crippen molar-refractivity contribution in [3.8, 4) is 5.75 Å². The Labute approximate surface area is 134 Å². The number of nitrogens with two attached hydrogens (primary N) is 1. The Morgan fingerprint density at radius 2 is 1.90 bits per heavy atom. The van der Waals surface area contributed by atoms with Gasteiger partial charge in [-0.3, -0.25) is 4.90 Å². The monoisotopic (exact) mass is 348 g/mol. The smallest absolute Gasteiger partial charge is 0.120 e. The second-order valence-corrected chi connectivity index (χ2v) is 5.83. The van der Waals surface area contributed by atoms with Crippen LogP contribution in [0.2, 0.25) is 0 Å². The van der Waals surface area contributed by atoms with Crippen molar-refractivity contribution in [2.45, 2.75) is 13.5 Å². The highest BCUT2D eigenvalue weighted by atomic mass is 79.9. The Hall–Kier alpha value is -1.52. The van der Waals surface area contributed by atoms with Gasteiger partial charge in [-0.1, -0.05) is 41.1 Å². The van der Waals surface area contributed by atoms with E-state index in [4.69, 9.17) is 10.5 Å². The van der Waals surface area contributed by atoms with Gasteiger partial charge in [0.05, 0.1) is 0 Å². The van der Waals surface area contributed by atoms with Gasteiger partial charge in [-0.15, -0.1) is 0 Å². The van der Waals surface area contributed by atoms with Crippen LogP contribution in [0.1, 0.15) is 12.5 Å². The second kappa shape index (κ2) is 8.05. The van der Waals surface area contributed by atoms with E-state index in [2.05, 4.69) is 39.9 Å². The van der Waals surface area contributed by atoms with Crippen LogP contribution in [0, 0.1) is 0 Å². The molecule has 0 radical (unpaired) electrons. The predicted octanol–water partition coefficient (Wildman–Crippen LogP) is 3.93. The van der Waals surface area contributed by atoms with Gasteiger partial charge >= 0.3 is 0 Å². The number of hydrogen-bond donors (Lipinski definition) is 1. The van der Waals surface area contributed by atoms with Gasteiger partial charge in [0.2, 0.25) is 0 Å². The third-order valence-corrected chi connectivity index (χ3v) is 3.80. The Morgan fingerprint density at radius 1 is 1.14 bits per heavy atom. The fourth-order valence-electron chi connectivity index (χ4n) is 2.08. The van der Waals surface area contributed by atoms with Gasteiger partial charge in [-0.25, -0.2) is 0 Å². The van der Waals surface area contributed by atoms with E-state index in [0.29, 0.717) is 6.61 Å². The average Bonchev–Trinajstić information content (AvgIpc) is 2.48. The van der Waals surface area contributed by atoms with Crippen LogP contribution in [0.4, 0.5) is 5.69 Å². The Morgan fingerprint density at radius 3 is 2.57 bits per heavy atom. The van der Waals surface area contributed by atoms with Gasteiger partial charge in [-0.2, -0.15) is 0 Å². The van der Waals surface area contributed by atoms with Crippen LogP contribution >= 0.6 is 15.9 Å². The van der Waals surface area contributed by atoms with E-state index >= 15 is 0 Å². The third kappa shape index (κ3) is 5.40. The number of benzene rings is 2. The second-order valence-electron chi connectivity index (χ2n) is 4.92. The Balaban J connectivity index is 1.81. The molecule has 2 aromatic rings. The van der Waals surface area contributed by atoms with Crippen LogP contribution in [-0.4, -0.2) is 24.6 Å². The maximum absolute atomic E-state index is 5.78. The summed E-state index contributed by atoms with van der Waals surface area (Å²) >= 11 is 3.45. The molecule has 112 valence electrons. The SMILES string of the molecule is CCN(CCOc1cccc(Br)c1)Cc1ccc(N)cc1. The molecule has 0 fully saturated rings. The minimum absolute atomic E-state index is 0.680. The highest BCUT2D eigenvalue weighted by molar-refractivity contribution is 9.10. The zero-order chi connectivity index (χ0) is 15.1. The first-order chi connectivity index (χ1) is 10.2. The molecular weight excluding hydrogens is 328 g/mol. The number of halogens is 1. The van der Waals surface area contributed by atoms with Crippen LogP contribution in [0.5, 0.6) is 5.75 Å². The topological polar surface area (TPSA) is 38.5 Å². The van der Waals surface area contributed by atoms with Crippen molar-refractivity contribution >= 4 is 21.6 Å². The van der Waals surface area contributed by atoms with Crippen molar-refractivity contribution in [2.24, 2.45) is 0 Å². The lowest BCUT2D eigenvalue weighted by Gasteiger charge is -2.20. The van der Waals surface area contributed by atoms with Crippen molar-refractivity contribution in [2.75, 3.05) is 25.4 Å². The summed E-state index contributed by atoms with van der Waals surface area (Å²) in [5, 5.41) is 0. The lowest BCUT2D eigenvalue weighted by Crippen LogP contribution is -2.27. The van der Waals surface area contributed by atoms with Gasteiger partial charge in [0.15, 0.2) is 0 Å². The minimum atomic E-state index is 0.680. The average molecular weight is 349 g/mol. The molecule has 0 spiro atoms. The molecule has 0 unspecified atom stereocenters. The van der Waals surface area contributed by atoms with Gasteiger partial charge < -0.3 is 10.5 Å². The van der Waals surface area contributed by atoms with Crippen LogP contribution < -0.4 is 10.5 Å². The molecule has 0 bridgehead atoms. The highest BCUT2D eigenvalue weighted by Gasteiger charge is 2.04. The molecule has 0 aliphatic carbocycles. The Bertz CT molecular complexity index is 557. The van der Waals surface area contributed by atoms with Gasteiger partial charge in [0, 0.05) is 23.2 Å². The quantitative estimate of drug-likeness (QED) is 0.770. The molecule has 0 saturated heterocycles. The van der Waals surface area contributed by atoms with Crippen LogP contribution in [0.15, 0.2) is 53.0 Å². The molecule has 0 atom stereocenters. The number of anilines is 1. The summed E-state index contributed by atoms with van der Waals surface area (Å²) < 4.78 is 6.82. The molecule has 0 aliphatic heterocycles. The number of nitrogen functional groups attached to an aromatic ring is 1. The van der Waals surface area contributed by atoms with Crippen molar-refractivity contribution in [1.82, 2.24) is 4.90 Å². The number of nitrogens with zero attached hydrogens (tertiary/aromatic N) is 1. The van der Waals surface area contributed by atoms with Crippen molar-refractivity contribution in [1.29, 1.82) is 0 Å². The number of ether oxygens (including phenoxy) is 1. The van der Waals surface area contributed by atoms with E-state index in [-0.39, 0.29) is 0 Å². The molecule has 3 nitrogen and oxygen atoms in total. The van der Waals surface area contributed by atoms with Gasteiger partial charge in [0.25, 0.3) is 0 Å². The zero-order valence-corrected chi connectivity index (χ0v) is 13.8. The first kappa shape index (κ1) is 15.9. The first-order valence-corrected chi connectivity index (χ1v) is 7.92. The first-order valence-electron chi connectivity index (χ1n) is 7.12. The molecule has 0 saturated carbocycles. The standard InChI is InChI=1S/C17H21BrN2O/c1-2-20(13-14-6-8-16(19)9-7-14)10-11-21-17-5-3-4-15(18)12-17/h3-9,12H,2,10-11,13,19H2,1H3. The lowest BCUT2D eigenvalue weighted by molar-refractivity contribution is 0.210. The summed E-state index contributed by atoms with van der Waals surface area (Å²) in [5.41, 5.74) is 7.79. The van der Waals surface area contributed by atoms with Gasteiger partial charge in [-0.05, 0) is 42.4 Å². The minimum Gasteiger partial charge on any atom is -0.492 e. The highest BCUT2D eigenvalue weighted by Crippen LogP contribution is 2.17. The van der Waals surface area contributed by atoms with E-state index in [1.54, 1.807) is 0 Å². The predicted molar refractivity (Wildman–Crippen MR) is 91.4 cm³/mol. The normalized spacial score (nSPS) is 10.8. The zero-order valence-electron chi connectivity index (χ0n) is 12.3. The van der Waals surface area contributed by atoms with Crippen LogP contribution in [0.3, 0.4) is 0 Å². The molecule has 0 aliphatic rings. The number of hydrogen-bond acceptors (Lipinski definition) is 3. The summed E-state index contributed by atoms with van der Waals surface area (Å²) in [4.78, 5) is 2.35. The van der Waals surface area contributed by atoms with E-state index in [1.807, 2.05) is 36.4 Å². The molecule has 2 rings (SSSR count).